The van der Waals surface area contributed by atoms with Crippen molar-refractivity contribution < 1.29 is 27.9 Å². The Bertz CT molecular complexity index is 1400. The van der Waals surface area contributed by atoms with E-state index in [1.54, 1.807) is 42.6 Å². The van der Waals surface area contributed by atoms with Crippen LogP contribution in [0.2, 0.25) is 0 Å². The van der Waals surface area contributed by atoms with Gasteiger partial charge in [0, 0.05) is 55.3 Å². The number of aliphatic hydroxyl groups excluding tert-OH is 1. The molecule has 0 fully saturated rings. The van der Waals surface area contributed by atoms with Gasteiger partial charge in [-0.15, -0.1) is 12.4 Å². The van der Waals surface area contributed by atoms with E-state index in [1.807, 2.05) is 19.0 Å². The average Bonchev–Trinajstić information content (AvgIpc) is 2.87. The lowest BCUT2D eigenvalue weighted by Gasteiger charge is -2.23. The number of nitrogens with one attached hydrogen (secondary N) is 2. The molecule has 2 amide bonds. The van der Waals surface area contributed by atoms with Gasteiger partial charge in [0.1, 0.15) is 11.9 Å². The van der Waals surface area contributed by atoms with E-state index in [0.29, 0.717) is 39.5 Å². The van der Waals surface area contributed by atoms with Crippen LogP contribution in [-0.2, 0) is 22.2 Å². The van der Waals surface area contributed by atoms with Crippen molar-refractivity contribution in [2.24, 2.45) is 0 Å². The summed E-state index contributed by atoms with van der Waals surface area (Å²) in [6.45, 7) is 0. The molecule has 0 spiro atoms. The highest BCUT2D eigenvalue weighted by Gasteiger charge is 2.30. The Hall–Kier alpha value is -4.15. The fourth-order valence-electron chi connectivity index (χ4n) is 3.96. The van der Waals surface area contributed by atoms with Crippen LogP contribution >= 0.6 is 12.4 Å². The minimum absolute atomic E-state index is 0. The second-order valence-electron chi connectivity index (χ2n) is 8.84. The first-order valence-electron chi connectivity index (χ1n) is 11.6. The molecule has 1 aliphatic rings. The van der Waals surface area contributed by atoms with Crippen LogP contribution in [0.25, 0.3) is 5.57 Å². The van der Waals surface area contributed by atoms with Crippen molar-refractivity contribution in [1.29, 1.82) is 0 Å². The molecule has 0 bridgehead atoms. The molecule has 3 aromatic rings. The fourth-order valence-corrected chi connectivity index (χ4v) is 3.96. The number of alkyl halides is 3. The number of pyridine rings is 1. The maximum absolute atomic E-state index is 13.1. The molecule has 1 atom stereocenters. The summed E-state index contributed by atoms with van der Waals surface area (Å²) >= 11 is 0. The Morgan fingerprint density at radius 3 is 2.41 bits per heavy atom. The van der Waals surface area contributed by atoms with E-state index < -0.39 is 29.7 Å². The van der Waals surface area contributed by atoms with Gasteiger partial charge in [-0.25, -0.2) is 4.98 Å². The predicted octanol–water partition coefficient (Wildman–Crippen LogP) is 5.07. The number of aliphatic hydroxyl groups is 1. The number of rotatable bonds is 6. The van der Waals surface area contributed by atoms with E-state index in [4.69, 9.17) is 0 Å². The molecular formula is C28H26ClF3N4O3. The Labute approximate surface area is 229 Å². The normalized spacial score (nSPS) is 15.3. The summed E-state index contributed by atoms with van der Waals surface area (Å²) in [6.07, 6.45) is 0.413. The van der Waals surface area contributed by atoms with Crippen LogP contribution in [0.1, 0.15) is 22.3 Å². The average molecular weight is 559 g/mol. The van der Waals surface area contributed by atoms with Crippen LogP contribution in [0, 0.1) is 0 Å². The molecule has 204 valence electrons. The zero-order chi connectivity index (χ0) is 27.4. The summed E-state index contributed by atoms with van der Waals surface area (Å²) in [5.41, 5.74) is 2.56. The number of aromatic nitrogens is 1. The van der Waals surface area contributed by atoms with Crippen LogP contribution in [0.15, 0.2) is 79.0 Å². The van der Waals surface area contributed by atoms with Gasteiger partial charge in [-0.1, -0.05) is 30.4 Å². The molecule has 1 aliphatic heterocycles. The third-order valence-corrected chi connectivity index (χ3v) is 5.94. The van der Waals surface area contributed by atoms with Gasteiger partial charge >= 0.3 is 6.18 Å². The van der Waals surface area contributed by atoms with E-state index in [2.05, 4.69) is 15.6 Å². The second kappa shape index (κ2) is 12.1. The quantitative estimate of drug-likeness (QED) is 0.290. The molecule has 39 heavy (non-hydrogen) atoms. The molecule has 2 aromatic carbocycles. The molecule has 1 aromatic heterocycles. The number of fused-ring (bicyclic) bond motifs is 1. The molecule has 0 aliphatic carbocycles. The van der Waals surface area contributed by atoms with Gasteiger partial charge in [0.25, 0.3) is 5.91 Å². The number of benzene rings is 2. The Morgan fingerprint density at radius 2 is 1.79 bits per heavy atom. The standard InChI is InChI=1S/C28H25F3N4O3.ClH/c1-35(2)25-14-11-18(16-32-25)20(17-9-12-19(13-10-17)28(29,30)31)5-3-8-26(37)33-22-6-4-7-23-21(22)15-24(36)27(38)34-23;/h3-14,16,24,36H,15H2,1-2H3,(H,33,37)(H,34,38);1H. The lowest BCUT2D eigenvalue weighted by Crippen LogP contribution is -2.34. The third kappa shape index (κ3) is 7.04. The summed E-state index contributed by atoms with van der Waals surface area (Å²) in [6, 6.07) is 13.4. The van der Waals surface area contributed by atoms with Gasteiger partial charge < -0.3 is 20.6 Å². The topological polar surface area (TPSA) is 94.6 Å². The van der Waals surface area contributed by atoms with Gasteiger partial charge in [-0.05, 0) is 47.5 Å². The molecule has 0 saturated heterocycles. The Morgan fingerprint density at radius 1 is 1.10 bits per heavy atom. The molecule has 1 unspecified atom stereocenters. The zero-order valence-electron chi connectivity index (χ0n) is 21.0. The molecule has 4 rings (SSSR count). The number of halogens is 4. The molecule has 0 radical (unpaired) electrons. The van der Waals surface area contributed by atoms with Crippen molar-refractivity contribution in [2.45, 2.75) is 18.7 Å². The number of nitrogens with zero attached hydrogens (tertiary/aromatic N) is 2. The van der Waals surface area contributed by atoms with Gasteiger partial charge in [0.2, 0.25) is 5.91 Å². The van der Waals surface area contributed by atoms with Crippen LogP contribution in [0.5, 0.6) is 0 Å². The molecule has 7 nitrogen and oxygen atoms in total. The zero-order valence-corrected chi connectivity index (χ0v) is 21.8. The number of anilines is 3. The van der Waals surface area contributed by atoms with Crippen molar-refractivity contribution in [1.82, 2.24) is 4.98 Å². The van der Waals surface area contributed by atoms with Crippen LogP contribution in [-0.4, -0.2) is 42.1 Å². The molecule has 11 heteroatoms. The highest BCUT2D eigenvalue weighted by atomic mass is 35.5. The summed E-state index contributed by atoms with van der Waals surface area (Å²) in [7, 11) is 3.68. The summed E-state index contributed by atoms with van der Waals surface area (Å²) in [4.78, 5) is 30.6. The third-order valence-electron chi connectivity index (χ3n) is 5.94. The first kappa shape index (κ1) is 29.4. The lowest BCUT2D eigenvalue weighted by molar-refractivity contribution is -0.137. The first-order valence-corrected chi connectivity index (χ1v) is 11.6. The highest BCUT2D eigenvalue weighted by molar-refractivity contribution is 6.03. The number of carbonyl (C=O) groups is 2. The van der Waals surface area contributed by atoms with Crippen molar-refractivity contribution >= 4 is 47.0 Å². The highest BCUT2D eigenvalue weighted by Crippen LogP contribution is 2.32. The Balaban J connectivity index is 0.00000420. The monoisotopic (exact) mass is 558 g/mol. The first-order chi connectivity index (χ1) is 18.0. The van der Waals surface area contributed by atoms with Gasteiger partial charge in [0.15, 0.2) is 0 Å². The smallest absolute Gasteiger partial charge is 0.383 e. The number of carbonyl (C=O) groups excluding carboxylic acids is 2. The van der Waals surface area contributed by atoms with E-state index in [-0.39, 0.29) is 18.8 Å². The van der Waals surface area contributed by atoms with Gasteiger partial charge in [-0.3, -0.25) is 9.59 Å². The minimum atomic E-state index is -4.45. The molecule has 2 heterocycles. The summed E-state index contributed by atoms with van der Waals surface area (Å²) in [5.74, 6) is -0.258. The maximum Gasteiger partial charge on any atom is 0.416 e. The van der Waals surface area contributed by atoms with Crippen molar-refractivity contribution in [3.63, 3.8) is 0 Å². The molecule has 0 saturated carbocycles. The Kier molecular flexibility index (Phi) is 9.15. The summed E-state index contributed by atoms with van der Waals surface area (Å²) in [5, 5.41) is 15.2. The van der Waals surface area contributed by atoms with Crippen molar-refractivity contribution in [3.8, 4) is 0 Å². The van der Waals surface area contributed by atoms with Gasteiger partial charge in [0.05, 0.1) is 5.56 Å². The van der Waals surface area contributed by atoms with E-state index in [9.17, 15) is 27.9 Å². The van der Waals surface area contributed by atoms with Crippen LogP contribution < -0.4 is 15.5 Å². The van der Waals surface area contributed by atoms with Crippen molar-refractivity contribution in [2.75, 3.05) is 29.6 Å². The summed E-state index contributed by atoms with van der Waals surface area (Å²) < 4.78 is 39.2. The predicted molar refractivity (Wildman–Crippen MR) is 147 cm³/mol. The SMILES string of the molecule is CN(C)c1ccc(C(=CC=CC(=O)Nc2cccc3c2CC(O)C(=O)N3)c2ccc(C(F)(F)F)cc2)cn1.Cl. The maximum atomic E-state index is 13.1. The number of amides is 2. The van der Waals surface area contributed by atoms with Gasteiger partial charge in [-0.2, -0.15) is 13.2 Å². The van der Waals surface area contributed by atoms with E-state index >= 15 is 0 Å². The largest absolute Gasteiger partial charge is 0.416 e. The number of hydrogen-bond donors (Lipinski definition) is 3. The number of hydrogen-bond acceptors (Lipinski definition) is 5. The number of allylic oxidation sites excluding steroid dienone is 2. The minimum Gasteiger partial charge on any atom is -0.383 e. The second-order valence-corrected chi connectivity index (χ2v) is 8.84. The van der Waals surface area contributed by atoms with Crippen molar-refractivity contribution in [3.05, 3.63) is 101 Å². The fraction of sp³-hybridized carbons (Fsp3) is 0.179. The van der Waals surface area contributed by atoms with E-state index in [1.165, 1.54) is 24.3 Å². The molecular weight excluding hydrogens is 533 g/mol. The lowest BCUT2D eigenvalue weighted by atomic mass is 9.97. The van der Waals surface area contributed by atoms with E-state index in [0.717, 1.165) is 12.1 Å². The van der Waals surface area contributed by atoms with Crippen LogP contribution in [0.4, 0.5) is 30.4 Å². The van der Waals surface area contributed by atoms with Crippen LogP contribution in [0.3, 0.4) is 0 Å². The molecule has 3 N–H and O–H groups in total.